The zero-order chi connectivity index (χ0) is 32.9. The molecule has 0 spiro atoms. The zero-order valence-corrected chi connectivity index (χ0v) is 22.7. The van der Waals surface area contributed by atoms with Gasteiger partial charge in [0.15, 0.2) is 0 Å². The maximum Gasteiger partial charge on any atom is 0.460 e. The number of esters is 1. The summed E-state index contributed by atoms with van der Waals surface area (Å²) >= 11 is 0.287. The van der Waals surface area contributed by atoms with Crippen molar-refractivity contribution < 1.29 is 71.3 Å². The number of hydrogen-bond donors (Lipinski definition) is 0. The summed E-state index contributed by atoms with van der Waals surface area (Å²) in [6.07, 6.45) is -6.91. The third-order valence-electron chi connectivity index (χ3n) is 5.82. The normalized spacial score (nSPS) is 13.6. The Morgan fingerprint density at radius 1 is 0.674 bits per heavy atom. The molecule has 0 saturated heterocycles. The minimum Gasteiger partial charge on any atom is -0.494 e. The van der Waals surface area contributed by atoms with Crippen LogP contribution in [0.15, 0.2) is 53.4 Å². The Morgan fingerprint density at radius 2 is 1.19 bits per heavy atom. The van der Waals surface area contributed by atoms with Gasteiger partial charge in [0.25, 0.3) is 0 Å². The molecule has 0 fully saturated rings. The molecule has 2 rings (SSSR count). The number of carbonyl (C=O) groups excluding carboxylic acids is 1. The molecule has 0 aromatic heterocycles. The highest BCUT2D eigenvalue weighted by Gasteiger charge is 2.90. The van der Waals surface area contributed by atoms with Crippen LogP contribution < -0.4 is 9.47 Å². The van der Waals surface area contributed by atoms with Gasteiger partial charge in [0, 0.05) is 17.1 Å². The summed E-state index contributed by atoms with van der Waals surface area (Å²) in [6.45, 7) is 2.54. The van der Waals surface area contributed by atoms with Gasteiger partial charge in [0.2, 0.25) is 0 Å². The fraction of sp³-hybridized carbons (Fsp3) is 0.500. The van der Waals surface area contributed by atoms with Crippen molar-refractivity contribution in [1.82, 2.24) is 0 Å². The molecule has 0 unspecified atom stereocenters. The minimum atomic E-state index is -7.92. The van der Waals surface area contributed by atoms with Crippen molar-refractivity contribution in [1.29, 1.82) is 0 Å². The number of hydrogen-bond acceptors (Lipinski definition) is 4. The lowest BCUT2D eigenvalue weighted by Gasteiger charge is -2.39. The number of alkyl halides is 13. The van der Waals surface area contributed by atoms with Crippen LogP contribution in [0.5, 0.6) is 11.5 Å². The second kappa shape index (κ2) is 13.4. The predicted molar refractivity (Wildman–Crippen MR) is 129 cm³/mol. The Hall–Kier alpha value is -2.85. The van der Waals surface area contributed by atoms with E-state index in [1.807, 2.05) is 6.92 Å². The zero-order valence-electron chi connectivity index (χ0n) is 21.9. The van der Waals surface area contributed by atoms with Crippen LogP contribution >= 0.6 is 11.8 Å². The van der Waals surface area contributed by atoms with E-state index in [4.69, 9.17) is 9.47 Å². The molecule has 242 valence electrons. The topological polar surface area (TPSA) is 35.5 Å². The lowest BCUT2D eigenvalue weighted by atomic mass is 9.93. The van der Waals surface area contributed by atoms with E-state index in [2.05, 4.69) is 0 Å². The monoisotopic (exact) mass is 662 g/mol. The van der Waals surface area contributed by atoms with Gasteiger partial charge in [-0.1, -0.05) is 19.8 Å². The molecule has 17 heteroatoms. The van der Waals surface area contributed by atoms with Crippen molar-refractivity contribution in [2.75, 3.05) is 12.4 Å². The van der Waals surface area contributed by atoms with Crippen molar-refractivity contribution in [3.63, 3.8) is 0 Å². The van der Waals surface area contributed by atoms with Gasteiger partial charge in [-0.05, 0) is 55.0 Å². The Labute approximate surface area is 240 Å². The van der Waals surface area contributed by atoms with Gasteiger partial charge in [0.05, 0.1) is 12.2 Å². The highest BCUT2D eigenvalue weighted by molar-refractivity contribution is 7.99. The maximum absolute atomic E-state index is 13.9. The van der Waals surface area contributed by atoms with E-state index in [0.717, 1.165) is 43.5 Å². The molecule has 0 aliphatic rings. The summed E-state index contributed by atoms with van der Waals surface area (Å²) in [5.41, 5.74) is -0.0615. The molecule has 43 heavy (non-hydrogen) atoms. The average Bonchev–Trinajstić information content (AvgIpc) is 2.91. The van der Waals surface area contributed by atoms with Crippen LogP contribution in [0.4, 0.5) is 57.1 Å². The number of ether oxygens (including phenoxy) is 2. The van der Waals surface area contributed by atoms with Gasteiger partial charge < -0.3 is 9.47 Å². The van der Waals surface area contributed by atoms with Crippen molar-refractivity contribution in [2.45, 2.75) is 73.3 Å². The Kier molecular flexibility index (Phi) is 11.3. The van der Waals surface area contributed by atoms with Crippen LogP contribution in [0.1, 0.15) is 43.0 Å². The molecule has 3 nitrogen and oxygen atoms in total. The molecule has 0 heterocycles. The van der Waals surface area contributed by atoms with E-state index in [1.54, 1.807) is 12.1 Å². The van der Waals surface area contributed by atoms with Crippen molar-refractivity contribution in [2.24, 2.45) is 0 Å². The van der Waals surface area contributed by atoms with Crippen LogP contribution in [0.25, 0.3) is 0 Å². The van der Waals surface area contributed by atoms with E-state index in [0.29, 0.717) is 12.4 Å². The fourth-order valence-corrected chi connectivity index (χ4v) is 4.18. The summed E-state index contributed by atoms with van der Waals surface area (Å²) in [6, 6.07) is 10.5. The number of rotatable bonds is 15. The van der Waals surface area contributed by atoms with Gasteiger partial charge in [-0.25, -0.2) is 4.79 Å². The number of unbranched alkanes of at least 4 members (excludes halogenated alkanes) is 2. The first kappa shape index (κ1) is 36.3. The molecule has 0 aliphatic carbocycles. The summed E-state index contributed by atoms with van der Waals surface area (Å²) < 4.78 is 182. The smallest absolute Gasteiger partial charge is 0.460 e. The minimum absolute atomic E-state index is 0.0130. The van der Waals surface area contributed by atoms with Gasteiger partial charge in [-0.15, -0.1) is 11.8 Å². The second-order valence-corrected chi connectivity index (χ2v) is 10.2. The Morgan fingerprint density at radius 3 is 1.70 bits per heavy atom. The number of benzene rings is 2. The third-order valence-corrected chi connectivity index (χ3v) is 6.84. The quantitative estimate of drug-likeness (QED) is 0.0626. The summed E-state index contributed by atoms with van der Waals surface area (Å²) in [4.78, 5) is 12.3. The van der Waals surface area contributed by atoms with Crippen LogP contribution in [0.2, 0.25) is 0 Å². The molecule has 0 bridgehead atoms. The standard InChI is InChI=1S/C26H23F13O3S/c1-2-3-4-14-41-17-7-9-18(10-8-17)42-20(40)16-5-11-19(12-6-16)43-15-13-21(27,28)22(29,30)23(31,32)24(33,34)25(35,36)26(37,38)39/h5-12H,2-4,13-15H2,1H3. The molecular formula is C26H23F13O3S. The van der Waals surface area contributed by atoms with Crippen LogP contribution in [-0.2, 0) is 0 Å². The SMILES string of the molecule is CCCCCOc1ccc(OC(=O)c2ccc(SCCC(F)(F)C(F)(F)C(F)(F)C(F)(F)C(F)(F)C(F)(F)F)cc2)cc1. The molecule has 2 aromatic carbocycles. The average molecular weight is 663 g/mol. The Bertz CT molecular complexity index is 1200. The van der Waals surface area contributed by atoms with Gasteiger partial charge in [-0.3, -0.25) is 0 Å². The number of carbonyl (C=O) groups is 1. The van der Waals surface area contributed by atoms with Crippen LogP contribution in [0, 0.1) is 0 Å². The van der Waals surface area contributed by atoms with Gasteiger partial charge in [0.1, 0.15) is 11.5 Å². The number of thioether (sulfide) groups is 1. The maximum atomic E-state index is 13.9. The molecular weight excluding hydrogens is 639 g/mol. The van der Waals surface area contributed by atoms with Crippen molar-refractivity contribution in [3.05, 3.63) is 54.1 Å². The van der Waals surface area contributed by atoms with Crippen LogP contribution in [0.3, 0.4) is 0 Å². The van der Waals surface area contributed by atoms with Gasteiger partial charge >= 0.3 is 41.8 Å². The summed E-state index contributed by atoms with van der Waals surface area (Å²) in [5, 5.41) is 0. The molecule has 0 amide bonds. The molecule has 0 atom stereocenters. The molecule has 0 N–H and O–H groups in total. The fourth-order valence-electron chi connectivity index (χ4n) is 3.26. The summed E-state index contributed by atoms with van der Waals surface area (Å²) in [7, 11) is 0. The van der Waals surface area contributed by atoms with Crippen molar-refractivity contribution >= 4 is 17.7 Å². The molecule has 0 saturated carbocycles. The largest absolute Gasteiger partial charge is 0.494 e. The van der Waals surface area contributed by atoms with Crippen LogP contribution in [-0.4, -0.2) is 54.1 Å². The third kappa shape index (κ3) is 7.81. The van der Waals surface area contributed by atoms with E-state index >= 15 is 0 Å². The number of halogens is 13. The summed E-state index contributed by atoms with van der Waals surface area (Å²) in [5.74, 6) is -38.3. The molecule has 0 aliphatic heterocycles. The van der Waals surface area contributed by atoms with E-state index in [9.17, 15) is 61.9 Å². The Balaban J connectivity index is 2.00. The van der Waals surface area contributed by atoms with Crippen molar-refractivity contribution in [3.8, 4) is 11.5 Å². The lowest BCUT2D eigenvalue weighted by Crippen LogP contribution is -2.70. The first-order valence-electron chi connectivity index (χ1n) is 12.3. The lowest BCUT2D eigenvalue weighted by molar-refractivity contribution is -0.439. The highest BCUT2D eigenvalue weighted by atomic mass is 32.2. The van der Waals surface area contributed by atoms with E-state index in [1.165, 1.54) is 12.1 Å². The van der Waals surface area contributed by atoms with E-state index < -0.39 is 53.9 Å². The molecule has 0 radical (unpaired) electrons. The second-order valence-electron chi connectivity index (χ2n) is 9.04. The first-order valence-corrected chi connectivity index (χ1v) is 13.2. The first-order chi connectivity index (χ1) is 19.6. The predicted octanol–water partition coefficient (Wildman–Crippen LogP) is 9.70. The highest BCUT2D eigenvalue weighted by Crippen LogP contribution is 2.60. The van der Waals surface area contributed by atoms with Gasteiger partial charge in [-0.2, -0.15) is 57.1 Å². The molecule has 2 aromatic rings. The van der Waals surface area contributed by atoms with E-state index in [-0.39, 0.29) is 28.0 Å².